The molecule has 0 spiro atoms. The molecule has 0 saturated carbocycles. The van der Waals surface area contributed by atoms with Gasteiger partial charge in [0.25, 0.3) is 0 Å². The van der Waals surface area contributed by atoms with E-state index >= 15 is 0 Å². The Morgan fingerprint density at radius 2 is 2.08 bits per heavy atom. The maximum absolute atomic E-state index is 4.20. The number of thioether (sulfide) groups is 2. The maximum atomic E-state index is 4.20. The number of hydrogen-bond donors (Lipinski definition) is 0. The van der Waals surface area contributed by atoms with Gasteiger partial charge in [0.15, 0.2) is 0 Å². The average molecular weight is 442 g/mol. The molecule has 0 aliphatic carbocycles. The molecule has 0 aromatic carbocycles. The molecule has 1 heterocycles. The van der Waals surface area contributed by atoms with E-state index in [-0.39, 0.29) is 17.5 Å². The predicted octanol–water partition coefficient (Wildman–Crippen LogP) is -0.794. The van der Waals surface area contributed by atoms with E-state index in [9.17, 15) is 0 Å². The van der Waals surface area contributed by atoms with Gasteiger partial charge in [-0.3, -0.25) is 0 Å². The second-order valence-electron chi connectivity index (χ2n) is 2.27. The van der Waals surface area contributed by atoms with Gasteiger partial charge in [-0.1, -0.05) is 0 Å². The third-order valence-corrected chi connectivity index (χ3v) is 5.98. The molecule has 0 atom stereocenters. The van der Waals surface area contributed by atoms with E-state index in [4.69, 9.17) is 0 Å². The zero-order chi connectivity index (χ0) is 9.68. The van der Waals surface area contributed by atoms with Crippen LogP contribution >= 0.6 is 42.1 Å². The van der Waals surface area contributed by atoms with E-state index in [0.29, 0.717) is 0 Å². The van der Waals surface area contributed by atoms with Gasteiger partial charge >= 0.3 is 108 Å². The van der Waals surface area contributed by atoms with E-state index < -0.39 is 0 Å². The fraction of sp³-hybridized carbons (Fsp3) is 0.667. The molecule has 3 nitrogen and oxygen atoms in total. The predicted molar refractivity (Wildman–Crippen MR) is 63.9 cm³/mol. The standard InChI is InChI=1S/C6H10I2N3S2/c1-12-3-5-6(4-13-2)11(8-7)10-9-5/h3-4H2,1-2H3/q-1. The van der Waals surface area contributed by atoms with Gasteiger partial charge in [-0.15, -0.1) is 0 Å². The minimum atomic E-state index is -0.0249. The molecule has 0 N–H and O–H groups in total. The van der Waals surface area contributed by atoms with Crippen LogP contribution < -0.4 is 17.5 Å². The topological polar surface area (TPSA) is 30.7 Å². The van der Waals surface area contributed by atoms with Crippen molar-refractivity contribution in [2.75, 3.05) is 12.5 Å². The number of aromatic nitrogens is 3. The molecule has 76 valence electrons. The van der Waals surface area contributed by atoms with Crippen molar-refractivity contribution in [3.63, 3.8) is 0 Å². The molecule has 1 rings (SSSR count). The summed E-state index contributed by atoms with van der Waals surface area (Å²) in [5.41, 5.74) is 2.49. The van der Waals surface area contributed by atoms with Crippen LogP contribution in [0.25, 0.3) is 0 Å². The van der Waals surface area contributed by atoms with Crippen molar-refractivity contribution in [2.24, 2.45) is 0 Å². The Kier molecular flexibility index (Phi) is 6.40. The van der Waals surface area contributed by atoms with E-state index in [1.165, 1.54) is 11.4 Å². The van der Waals surface area contributed by atoms with Crippen LogP contribution in [-0.4, -0.2) is 25.7 Å². The van der Waals surface area contributed by atoms with Crippen molar-refractivity contribution < 1.29 is 17.5 Å². The minimum absolute atomic E-state index is 0.0249. The van der Waals surface area contributed by atoms with Gasteiger partial charge in [-0.25, -0.2) is 0 Å². The van der Waals surface area contributed by atoms with E-state index in [2.05, 4.69) is 44.3 Å². The third-order valence-electron chi connectivity index (χ3n) is 1.42. The van der Waals surface area contributed by atoms with Gasteiger partial charge in [0, 0.05) is 0 Å². The van der Waals surface area contributed by atoms with Crippen LogP contribution in [-0.2, 0) is 11.5 Å². The van der Waals surface area contributed by atoms with Crippen LogP contribution in [0.3, 0.4) is 0 Å². The third kappa shape index (κ3) is 3.42. The van der Waals surface area contributed by atoms with Crippen molar-refractivity contribution in [1.29, 1.82) is 0 Å². The van der Waals surface area contributed by atoms with Crippen LogP contribution in [0.15, 0.2) is 0 Å². The van der Waals surface area contributed by atoms with Gasteiger partial charge in [0.1, 0.15) is 0 Å². The molecule has 0 saturated heterocycles. The van der Waals surface area contributed by atoms with Crippen LogP contribution in [0, 0.1) is 0 Å². The number of hydrogen-bond acceptors (Lipinski definition) is 4. The Labute approximate surface area is 107 Å². The van der Waals surface area contributed by atoms with E-state index in [1.54, 1.807) is 11.8 Å². The Balaban J connectivity index is 2.85. The zero-order valence-corrected chi connectivity index (χ0v) is 13.3. The molecular formula is C6H10I2N3S2-. The second-order valence-corrected chi connectivity index (χ2v) is 7.73. The molecule has 0 radical (unpaired) electrons. The number of nitrogens with zero attached hydrogens (tertiary/aromatic N) is 3. The Morgan fingerprint density at radius 1 is 1.38 bits per heavy atom. The summed E-state index contributed by atoms with van der Waals surface area (Å²) < 4.78 is 2.08. The van der Waals surface area contributed by atoms with E-state index in [0.717, 1.165) is 11.5 Å². The average Bonchev–Trinajstić information content (AvgIpc) is 2.50. The molecule has 1 aromatic rings. The van der Waals surface area contributed by atoms with Gasteiger partial charge in [-0.05, 0) is 0 Å². The molecule has 0 aliphatic rings. The van der Waals surface area contributed by atoms with Crippen molar-refractivity contribution in [3.05, 3.63) is 11.4 Å². The molecule has 0 unspecified atom stereocenters. The second kappa shape index (κ2) is 6.72. The molecule has 0 amide bonds. The van der Waals surface area contributed by atoms with Gasteiger partial charge in [0.2, 0.25) is 0 Å². The van der Waals surface area contributed by atoms with Crippen LogP contribution in [0.5, 0.6) is 0 Å². The first-order valence-electron chi connectivity index (χ1n) is 3.51. The first-order valence-corrected chi connectivity index (χ1v) is 13.5. The quantitative estimate of drug-likeness (QED) is 0.560. The summed E-state index contributed by atoms with van der Waals surface area (Å²) in [6, 6.07) is 0. The zero-order valence-electron chi connectivity index (χ0n) is 7.33. The molecule has 0 fully saturated rings. The summed E-state index contributed by atoms with van der Waals surface area (Å²) in [5, 5.41) is 8.35. The van der Waals surface area contributed by atoms with Crippen molar-refractivity contribution in [3.8, 4) is 0 Å². The van der Waals surface area contributed by atoms with Gasteiger partial charge in [-0.2, -0.15) is 0 Å². The molecule has 0 bridgehead atoms. The summed E-state index contributed by atoms with van der Waals surface area (Å²) >= 11 is 6.03. The fourth-order valence-electron chi connectivity index (χ4n) is 0.885. The Morgan fingerprint density at radius 3 is 2.62 bits per heavy atom. The van der Waals surface area contributed by atoms with Gasteiger partial charge in [0.05, 0.1) is 0 Å². The molecule has 13 heavy (non-hydrogen) atoms. The SMILES string of the molecule is CSCc1nnn([I-]I)c1CSC. The normalized spacial score (nSPS) is 11.0. The molecule has 1 aromatic heterocycles. The fourth-order valence-corrected chi connectivity index (χ4v) is 4.98. The van der Waals surface area contributed by atoms with Crippen molar-refractivity contribution >= 4 is 42.1 Å². The van der Waals surface area contributed by atoms with Crippen LogP contribution in [0.1, 0.15) is 11.4 Å². The number of halogens is 2. The summed E-state index contributed by atoms with van der Waals surface area (Å²) in [6.07, 6.45) is 4.21. The summed E-state index contributed by atoms with van der Waals surface area (Å²) in [7, 11) is 0. The summed E-state index contributed by atoms with van der Waals surface area (Å²) in [5.74, 6) is 2.02. The Bertz CT molecular complexity index is 266. The molecule has 0 aliphatic heterocycles. The van der Waals surface area contributed by atoms with Crippen molar-refractivity contribution in [1.82, 2.24) is 13.2 Å². The van der Waals surface area contributed by atoms with Gasteiger partial charge < -0.3 is 0 Å². The van der Waals surface area contributed by atoms with Crippen molar-refractivity contribution in [2.45, 2.75) is 11.5 Å². The Hall–Kier alpha value is 1.30. The first kappa shape index (κ1) is 12.4. The monoisotopic (exact) mass is 442 g/mol. The van der Waals surface area contributed by atoms with Crippen LogP contribution in [0.4, 0.5) is 0 Å². The van der Waals surface area contributed by atoms with E-state index in [1.807, 2.05) is 11.8 Å². The molecular weight excluding hydrogens is 432 g/mol. The summed E-state index contributed by atoms with van der Waals surface area (Å²) in [4.78, 5) is 0. The number of rotatable bonds is 5. The first-order chi connectivity index (χ1) is 6.33. The molecule has 7 heteroatoms. The summed E-state index contributed by atoms with van der Waals surface area (Å²) in [6.45, 7) is 0. The van der Waals surface area contributed by atoms with Crippen LogP contribution in [0.2, 0.25) is 0 Å².